The number of halogens is 3. The van der Waals surface area contributed by atoms with Gasteiger partial charge in [0.25, 0.3) is 5.92 Å². The summed E-state index contributed by atoms with van der Waals surface area (Å²) in [5.41, 5.74) is 2.86. The Morgan fingerprint density at radius 1 is 0.976 bits per heavy atom. The average Bonchev–Trinajstić information content (AvgIpc) is 3.71. The first kappa shape index (κ1) is 28.3. The highest BCUT2D eigenvalue weighted by molar-refractivity contribution is 5.83. The molecule has 5 nitrogen and oxygen atoms in total. The minimum atomic E-state index is -3.23. The standard InChI is InChI=1S/C33H42F3N5/c1-22-25-10-9-11-27(29(25)34)33(35,36)24-12-18-40(19-13-24)16-7-5-4-6-8-17-41-23(2)28(32(3)14-15-32)20-26-30(39-22)37-21-38-31(26)41/h9-11,20-22,24H,2,4-8,12-19H2,1,3H3,(H,37,38,39)/t22-/m1/s1. The number of hydrogen-bond acceptors (Lipinski definition) is 5. The molecule has 2 aromatic rings. The summed E-state index contributed by atoms with van der Waals surface area (Å²) in [6.07, 6.45) is 12.1. The molecule has 0 spiro atoms. The fraction of sp³-hybridized carbons (Fsp3) is 0.576. The Hall–Kier alpha value is -2.87. The molecule has 0 amide bonds. The van der Waals surface area contributed by atoms with Gasteiger partial charge in [0.1, 0.15) is 23.8 Å². The van der Waals surface area contributed by atoms with Crippen molar-refractivity contribution in [3.63, 3.8) is 0 Å². The molecule has 1 aromatic carbocycles. The van der Waals surface area contributed by atoms with E-state index in [2.05, 4.69) is 44.7 Å². The number of piperidine rings is 1. The fourth-order valence-electron chi connectivity index (χ4n) is 6.87. The molecule has 5 heterocycles. The van der Waals surface area contributed by atoms with Gasteiger partial charge in [-0.25, -0.2) is 23.1 Å². The molecule has 0 unspecified atom stereocenters. The van der Waals surface area contributed by atoms with E-state index in [1.54, 1.807) is 19.1 Å². The van der Waals surface area contributed by atoms with Gasteiger partial charge in [0.05, 0.1) is 17.2 Å². The zero-order valence-corrected chi connectivity index (χ0v) is 24.4. The Morgan fingerprint density at radius 3 is 2.41 bits per heavy atom. The van der Waals surface area contributed by atoms with Crippen LogP contribution in [-0.4, -0.2) is 41.0 Å². The van der Waals surface area contributed by atoms with Crippen LogP contribution in [0.25, 0.3) is 6.08 Å². The number of nitrogens with zero attached hydrogens (tertiary/aromatic N) is 4. The van der Waals surface area contributed by atoms with Gasteiger partial charge in [0, 0.05) is 23.7 Å². The summed E-state index contributed by atoms with van der Waals surface area (Å²) in [6.45, 7) is 11.6. The van der Waals surface area contributed by atoms with Crippen LogP contribution < -0.4 is 10.2 Å². The number of aromatic nitrogens is 2. The minimum Gasteiger partial charge on any atom is -0.363 e. The lowest BCUT2D eigenvalue weighted by Crippen LogP contribution is -2.40. The number of fused-ring (bicyclic) bond motifs is 9. The van der Waals surface area contributed by atoms with Crippen molar-refractivity contribution in [2.75, 3.05) is 36.4 Å². The summed E-state index contributed by atoms with van der Waals surface area (Å²) in [6, 6.07) is 3.83. The van der Waals surface area contributed by atoms with Gasteiger partial charge in [-0.15, -0.1) is 0 Å². The second kappa shape index (κ2) is 11.1. The third-order valence-electron chi connectivity index (χ3n) is 9.86. The molecule has 8 bridgehead atoms. The van der Waals surface area contributed by atoms with Crippen molar-refractivity contribution in [2.24, 2.45) is 11.3 Å². The zero-order chi connectivity index (χ0) is 28.8. The van der Waals surface area contributed by atoms with Crippen molar-refractivity contribution in [1.29, 1.82) is 0 Å². The van der Waals surface area contributed by atoms with Crippen LogP contribution in [0.5, 0.6) is 0 Å². The molecule has 5 aliphatic rings. The van der Waals surface area contributed by atoms with E-state index in [0.717, 1.165) is 75.1 Å². The number of rotatable bonds is 1. The topological polar surface area (TPSA) is 44.3 Å². The molecule has 1 saturated carbocycles. The molecule has 8 heteroatoms. The van der Waals surface area contributed by atoms with Gasteiger partial charge in [-0.05, 0) is 82.1 Å². The minimum absolute atomic E-state index is 0.0821. The molecule has 220 valence electrons. The van der Waals surface area contributed by atoms with Crippen LogP contribution in [0.15, 0.2) is 42.4 Å². The molecule has 4 aliphatic heterocycles. The Labute approximate surface area is 241 Å². The van der Waals surface area contributed by atoms with E-state index in [0.29, 0.717) is 31.7 Å². The summed E-state index contributed by atoms with van der Waals surface area (Å²) >= 11 is 0. The maximum atomic E-state index is 15.9. The first-order chi connectivity index (χ1) is 19.7. The van der Waals surface area contributed by atoms with Crippen LogP contribution >= 0.6 is 0 Å². The van der Waals surface area contributed by atoms with Crippen LogP contribution in [-0.2, 0) is 5.92 Å². The monoisotopic (exact) mass is 565 g/mol. The predicted octanol–water partition coefficient (Wildman–Crippen LogP) is 8.07. The maximum Gasteiger partial charge on any atom is 0.278 e. The van der Waals surface area contributed by atoms with Crippen molar-refractivity contribution in [2.45, 2.75) is 83.6 Å². The first-order valence-electron chi connectivity index (χ1n) is 15.4. The van der Waals surface area contributed by atoms with E-state index in [1.807, 2.05) is 0 Å². The smallest absolute Gasteiger partial charge is 0.278 e. The number of nitrogens with one attached hydrogen (secondary N) is 1. The Balaban J connectivity index is 1.37. The Morgan fingerprint density at radius 2 is 1.68 bits per heavy atom. The maximum absolute atomic E-state index is 15.9. The quantitative estimate of drug-likeness (QED) is 0.379. The predicted molar refractivity (Wildman–Crippen MR) is 158 cm³/mol. The lowest BCUT2D eigenvalue weighted by molar-refractivity contribution is -0.0880. The van der Waals surface area contributed by atoms with E-state index in [-0.39, 0.29) is 11.0 Å². The molecular weight excluding hydrogens is 523 g/mol. The SMILES string of the molecule is C=C1C(C2(C)CC2)=Cc2c3ncnc2N1CCCCCCCN1CCC(CC1)C(F)(F)c1cccc(c1F)[C@@H](C)N3. The van der Waals surface area contributed by atoms with Crippen molar-refractivity contribution in [3.05, 3.63) is 64.9 Å². The van der Waals surface area contributed by atoms with E-state index in [1.165, 1.54) is 18.0 Å². The molecule has 0 radical (unpaired) electrons. The van der Waals surface area contributed by atoms with E-state index >= 15 is 13.2 Å². The van der Waals surface area contributed by atoms with Gasteiger partial charge < -0.3 is 15.1 Å². The Kier molecular flexibility index (Phi) is 7.64. The van der Waals surface area contributed by atoms with Gasteiger partial charge in [-0.3, -0.25) is 0 Å². The van der Waals surface area contributed by atoms with Gasteiger partial charge in [0.15, 0.2) is 0 Å². The van der Waals surface area contributed by atoms with Gasteiger partial charge >= 0.3 is 0 Å². The van der Waals surface area contributed by atoms with Gasteiger partial charge in [0.2, 0.25) is 0 Å². The number of anilines is 2. The number of alkyl halides is 2. The van der Waals surface area contributed by atoms with Crippen molar-refractivity contribution >= 4 is 17.7 Å². The van der Waals surface area contributed by atoms with Gasteiger partial charge in [-0.2, -0.15) is 0 Å². The molecule has 7 rings (SSSR count). The average molecular weight is 566 g/mol. The molecule has 1 aromatic heterocycles. The second-order valence-corrected chi connectivity index (χ2v) is 12.8. The molecule has 1 saturated heterocycles. The summed E-state index contributed by atoms with van der Waals surface area (Å²) in [4.78, 5) is 13.7. The third-order valence-corrected chi connectivity index (χ3v) is 9.86. The lowest BCUT2D eigenvalue weighted by atomic mass is 9.85. The first-order valence-corrected chi connectivity index (χ1v) is 15.4. The fourth-order valence-corrected chi connectivity index (χ4v) is 6.87. The highest BCUT2D eigenvalue weighted by atomic mass is 19.3. The molecule has 1 N–H and O–H groups in total. The van der Waals surface area contributed by atoms with E-state index in [9.17, 15) is 0 Å². The van der Waals surface area contributed by atoms with Crippen LogP contribution in [0, 0.1) is 17.2 Å². The lowest BCUT2D eigenvalue weighted by Gasteiger charge is -2.36. The Bertz CT molecular complexity index is 1330. The van der Waals surface area contributed by atoms with Gasteiger partial charge in [-0.1, -0.05) is 51.0 Å². The van der Waals surface area contributed by atoms with E-state index < -0.39 is 29.3 Å². The summed E-state index contributed by atoms with van der Waals surface area (Å²) < 4.78 is 47.5. The van der Waals surface area contributed by atoms with Crippen LogP contribution in [0.2, 0.25) is 0 Å². The normalized spacial score (nSPS) is 27.8. The number of allylic oxidation sites excluding steroid dienone is 1. The third kappa shape index (κ3) is 5.40. The number of benzene rings is 1. The molecule has 1 atom stereocenters. The van der Waals surface area contributed by atoms with E-state index in [4.69, 9.17) is 0 Å². The summed E-state index contributed by atoms with van der Waals surface area (Å²) in [5, 5.41) is 3.36. The molecular formula is C33H42F3N5. The van der Waals surface area contributed by atoms with Crippen molar-refractivity contribution in [1.82, 2.24) is 14.9 Å². The highest BCUT2D eigenvalue weighted by Gasteiger charge is 2.46. The largest absolute Gasteiger partial charge is 0.363 e. The molecule has 2 fully saturated rings. The number of hydrogen-bond donors (Lipinski definition) is 1. The van der Waals surface area contributed by atoms with Crippen molar-refractivity contribution < 1.29 is 13.2 Å². The highest BCUT2D eigenvalue weighted by Crippen LogP contribution is 2.56. The second-order valence-electron chi connectivity index (χ2n) is 12.8. The van der Waals surface area contributed by atoms with Crippen molar-refractivity contribution in [3.8, 4) is 0 Å². The van der Waals surface area contributed by atoms with Crippen LogP contribution in [0.4, 0.5) is 24.8 Å². The van der Waals surface area contributed by atoms with Crippen LogP contribution in [0.1, 0.15) is 94.4 Å². The molecule has 41 heavy (non-hydrogen) atoms. The summed E-state index contributed by atoms with van der Waals surface area (Å²) in [7, 11) is 0. The molecule has 1 aliphatic carbocycles. The zero-order valence-electron chi connectivity index (χ0n) is 24.4. The summed E-state index contributed by atoms with van der Waals surface area (Å²) in [5.74, 6) is -3.54. The van der Waals surface area contributed by atoms with Crippen LogP contribution in [0.3, 0.4) is 0 Å².